The Kier molecular flexibility index (Phi) is 3.97. The maximum absolute atomic E-state index is 11.8. The van der Waals surface area contributed by atoms with Crippen LogP contribution < -0.4 is 0 Å². The van der Waals surface area contributed by atoms with E-state index in [0.29, 0.717) is 5.56 Å². The van der Waals surface area contributed by atoms with Crippen LogP contribution in [0.5, 0.6) is 0 Å². The van der Waals surface area contributed by atoms with Gasteiger partial charge in [-0.3, -0.25) is 0 Å². The van der Waals surface area contributed by atoms with E-state index in [0.717, 1.165) is 0 Å². The minimum Gasteiger partial charge on any atom is -0.459 e. The van der Waals surface area contributed by atoms with Gasteiger partial charge in [-0.1, -0.05) is 32.0 Å². The van der Waals surface area contributed by atoms with Gasteiger partial charge in [-0.15, -0.1) is 0 Å². The van der Waals surface area contributed by atoms with Crippen LogP contribution in [-0.4, -0.2) is 43.7 Å². The van der Waals surface area contributed by atoms with Gasteiger partial charge in [0.15, 0.2) is 0 Å². The molecule has 5 heteroatoms. The van der Waals surface area contributed by atoms with Crippen LogP contribution in [0.15, 0.2) is 30.3 Å². The summed E-state index contributed by atoms with van der Waals surface area (Å²) < 4.78 is 10.8. The Labute approximate surface area is 114 Å². The fourth-order valence-corrected chi connectivity index (χ4v) is 2.18. The summed E-state index contributed by atoms with van der Waals surface area (Å²) in [5.74, 6) is -0.395. The average Bonchev–Trinajstić information content (AvgIpc) is 2.60. The Morgan fingerprint density at radius 1 is 1.42 bits per heavy atom. The lowest BCUT2D eigenvalue weighted by Gasteiger charge is -2.25. The maximum atomic E-state index is 11.8. The van der Waals surface area contributed by atoms with Crippen molar-refractivity contribution >= 4 is 13.8 Å². The normalized spacial score (nSPS) is 29.1. The van der Waals surface area contributed by atoms with E-state index in [4.69, 9.17) is 9.47 Å². The Bertz CT molecular complexity index is 446. The largest absolute Gasteiger partial charge is 0.459 e. The SMILES string of the molecule is B[C@@H]1O[C@H](COC(=O)c2ccccc2)[C@@H](O)C1(C)C. The zero-order valence-electron chi connectivity index (χ0n) is 11.5. The molecule has 0 aliphatic carbocycles. The van der Waals surface area contributed by atoms with Crippen LogP contribution in [0.1, 0.15) is 24.2 Å². The highest BCUT2D eigenvalue weighted by molar-refractivity contribution is 6.11. The second-order valence-electron chi connectivity index (χ2n) is 5.55. The number of carbonyl (C=O) groups excluding carboxylic acids is 1. The van der Waals surface area contributed by atoms with E-state index in [9.17, 15) is 9.90 Å². The minimum absolute atomic E-state index is 0.0667. The zero-order chi connectivity index (χ0) is 14.0. The van der Waals surface area contributed by atoms with Gasteiger partial charge < -0.3 is 14.6 Å². The van der Waals surface area contributed by atoms with E-state index in [2.05, 4.69) is 0 Å². The molecular weight excluding hydrogens is 243 g/mol. The number of hydrogen-bond donors (Lipinski definition) is 1. The van der Waals surface area contributed by atoms with Crippen molar-refractivity contribution in [2.45, 2.75) is 32.1 Å². The Balaban J connectivity index is 1.92. The first-order chi connectivity index (χ1) is 8.93. The van der Waals surface area contributed by atoms with E-state index in [1.54, 1.807) is 24.3 Å². The number of aliphatic hydroxyl groups excluding tert-OH is 1. The molecule has 19 heavy (non-hydrogen) atoms. The van der Waals surface area contributed by atoms with Gasteiger partial charge in [0.1, 0.15) is 20.6 Å². The smallest absolute Gasteiger partial charge is 0.338 e. The van der Waals surface area contributed by atoms with Gasteiger partial charge in [0.25, 0.3) is 0 Å². The standard InChI is InChI=1S/C14H19BO4/c1-14(2)11(16)10(19-13(14)15)8-18-12(17)9-6-4-3-5-7-9/h3-7,10-11,13,16H,8,15H2,1-2H3/t10-,11-,13-/m1/s1. The molecule has 4 nitrogen and oxygen atoms in total. The number of carbonyl (C=O) groups is 1. The van der Waals surface area contributed by atoms with Crippen LogP contribution in [0.2, 0.25) is 0 Å². The molecular formula is C14H19BO4. The summed E-state index contributed by atoms with van der Waals surface area (Å²) in [5.41, 5.74) is 0.173. The summed E-state index contributed by atoms with van der Waals surface area (Å²) in [5, 5.41) is 10.2. The Morgan fingerprint density at radius 3 is 2.58 bits per heavy atom. The molecule has 1 saturated heterocycles. The number of aliphatic hydroxyl groups is 1. The summed E-state index contributed by atoms with van der Waals surface area (Å²) in [6.45, 7) is 3.96. The van der Waals surface area contributed by atoms with Gasteiger partial charge >= 0.3 is 5.97 Å². The van der Waals surface area contributed by atoms with Gasteiger partial charge in [-0.05, 0) is 12.1 Å². The molecule has 0 spiro atoms. The second-order valence-corrected chi connectivity index (χ2v) is 5.55. The quantitative estimate of drug-likeness (QED) is 0.639. The van der Waals surface area contributed by atoms with E-state index >= 15 is 0 Å². The monoisotopic (exact) mass is 262 g/mol. The first-order valence-corrected chi connectivity index (χ1v) is 6.48. The van der Waals surface area contributed by atoms with Crippen molar-refractivity contribution in [1.29, 1.82) is 0 Å². The lowest BCUT2D eigenvalue weighted by molar-refractivity contribution is -0.0222. The highest BCUT2D eigenvalue weighted by Crippen LogP contribution is 2.36. The van der Waals surface area contributed by atoms with Gasteiger partial charge in [0, 0.05) is 11.4 Å². The third kappa shape index (κ3) is 2.82. The number of esters is 1. The molecule has 1 aromatic carbocycles. The van der Waals surface area contributed by atoms with Crippen LogP contribution in [0.25, 0.3) is 0 Å². The minimum atomic E-state index is -0.633. The van der Waals surface area contributed by atoms with Crippen LogP contribution >= 0.6 is 0 Å². The van der Waals surface area contributed by atoms with Crippen molar-refractivity contribution in [3.63, 3.8) is 0 Å². The highest BCUT2D eigenvalue weighted by Gasteiger charge is 2.47. The molecule has 102 valence electrons. The third-order valence-electron chi connectivity index (χ3n) is 3.93. The number of benzene rings is 1. The zero-order valence-corrected chi connectivity index (χ0v) is 11.5. The Morgan fingerprint density at radius 2 is 2.05 bits per heavy atom. The number of ether oxygens (including phenoxy) is 2. The molecule has 1 N–H and O–H groups in total. The average molecular weight is 262 g/mol. The summed E-state index contributed by atoms with van der Waals surface area (Å²) in [7, 11) is 1.92. The molecule has 0 amide bonds. The van der Waals surface area contributed by atoms with Crippen molar-refractivity contribution < 1.29 is 19.4 Å². The molecule has 0 radical (unpaired) electrons. The maximum Gasteiger partial charge on any atom is 0.338 e. The van der Waals surface area contributed by atoms with Crippen molar-refractivity contribution in [2.24, 2.45) is 5.41 Å². The van der Waals surface area contributed by atoms with Gasteiger partial charge in [0.05, 0.1) is 11.7 Å². The van der Waals surface area contributed by atoms with Gasteiger partial charge in [0.2, 0.25) is 0 Å². The van der Waals surface area contributed by atoms with Crippen molar-refractivity contribution in [3.8, 4) is 0 Å². The summed E-state index contributed by atoms with van der Waals surface area (Å²) in [4.78, 5) is 11.8. The summed E-state index contributed by atoms with van der Waals surface area (Å²) in [6.07, 6.45) is -1.09. The topological polar surface area (TPSA) is 55.8 Å². The molecule has 1 fully saturated rings. The Hall–Kier alpha value is -1.33. The van der Waals surface area contributed by atoms with E-state index in [-0.39, 0.29) is 18.0 Å². The molecule has 0 aromatic heterocycles. The van der Waals surface area contributed by atoms with E-state index in [1.165, 1.54) is 0 Å². The van der Waals surface area contributed by atoms with Crippen LogP contribution in [0, 0.1) is 5.41 Å². The lowest BCUT2D eigenvalue weighted by Crippen LogP contribution is -2.37. The molecule has 0 bridgehead atoms. The van der Waals surface area contributed by atoms with Crippen LogP contribution in [0.3, 0.4) is 0 Å². The molecule has 1 aromatic rings. The predicted octanol–water partition coefficient (Wildman–Crippen LogP) is 0.588. The molecule has 3 atom stereocenters. The van der Waals surface area contributed by atoms with Gasteiger partial charge in [-0.25, -0.2) is 4.79 Å². The van der Waals surface area contributed by atoms with Gasteiger partial charge in [-0.2, -0.15) is 0 Å². The van der Waals surface area contributed by atoms with E-state index in [1.807, 2.05) is 27.8 Å². The van der Waals surface area contributed by atoms with Crippen molar-refractivity contribution in [3.05, 3.63) is 35.9 Å². The van der Waals surface area contributed by atoms with Crippen LogP contribution in [-0.2, 0) is 9.47 Å². The molecule has 0 unspecified atom stereocenters. The molecule has 1 heterocycles. The van der Waals surface area contributed by atoms with Crippen molar-refractivity contribution in [1.82, 2.24) is 0 Å². The molecule has 2 rings (SSSR count). The molecule has 1 aliphatic rings. The second kappa shape index (κ2) is 5.35. The predicted molar refractivity (Wildman–Crippen MR) is 73.7 cm³/mol. The fraction of sp³-hybridized carbons (Fsp3) is 0.500. The molecule has 0 saturated carbocycles. The van der Waals surface area contributed by atoms with Crippen molar-refractivity contribution in [2.75, 3.05) is 6.61 Å². The first-order valence-electron chi connectivity index (χ1n) is 6.48. The lowest BCUT2D eigenvalue weighted by atomic mass is 9.73. The highest BCUT2D eigenvalue weighted by atomic mass is 16.6. The third-order valence-corrected chi connectivity index (χ3v) is 3.93. The molecule has 1 aliphatic heterocycles. The number of hydrogen-bond acceptors (Lipinski definition) is 4. The summed E-state index contributed by atoms with van der Waals surface area (Å²) >= 11 is 0. The van der Waals surface area contributed by atoms with Crippen LogP contribution in [0.4, 0.5) is 0 Å². The summed E-state index contributed by atoms with van der Waals surface area (Å²) in [6, 6.07) is 8.72. The first kappa shape index (κ1) is 14.1. The number of rotatable bonds is 3. The fourth-order valence-electron chi connectivity index (χ4n) is 2.18. The van der Waals surface area contributed by atoms with E-state index < -0.39 is 18.2 Å².